The highest BCUT2D eigenvalue weighted by atomic mass is 32.1. The van der Waals surface area contributed by atoms with Gasteiger partial charge in [-0.05, 0) is 41.8 Å². The minimum atomic E-state index is -0.736. The second-order valence-corrected chi connectivity index (χ2v) is 7.64. The first-order valence-corrected chi connectivity index (χ1v) is 10.4. The highest BCUT2D eigenvalue weighted by Crippen LogP contribution is 2.24. The molecule has 4 aromatic rings. The van der Waals surface area contributed by atoms with Crippen molar-refractivity contribution >= 4 is 22.7 Å². The summed E-state index contributed by atoms with van der Waals surface area (Å²) in [6.45, 7) is 0.571. The van der Waals surface area contributed by atoms with Gasteiger partial charge >= 0.3 is 0 Å². The summed E-state index contributed by atoms with van der Waals surface area (Å²) in [6.07, 6.45) is 0.719. The van der Waals surface area contributed by atoms with Gasteiger partial charge in [-0.3, -0.25) is 10.1 Å². The summed E-state index contributed by atoms with van der Waals surface area (Å²) < 4.78 is 29.4. The van der Waals surface area contributed by atoms with Crippen molar-refractivity contribution in [2.45, 2.75) is 13.0 Å². The van der Waals surface area contributed by atoms with E-state index in [4.69, 9.17) is 0 Å². The van der Waals surface area contributed by atoms with Crippen molar-refractivity contribution in [3.8, 4) is 11.3 Å². The third-order valence-corrected chi connectivity index (χ3v) is 5.63. The third kappa shape index (κ3) is 4.75. The van der Waals surface area contributed by atoms with Crippen molar-refractivity contribution in [3.05, 3.63) is 110 Å². The van der Waals surface area contributed by atoms with E-state index in [9.17, 15) is 18.9 Å². The topological polar surface area (TPSA) is 60.4 Å². The molecule has 0 bridgehead atoms. The van der Waals surface area contributed by atoms with Crippen LogP contribution in [0.15, 0.2) is 83.2 Å². The van der Waals surface area contributed by atoms with E-state index in [1.54, 1.807) is 12.1 Å². The van der Waals surface area contributed by atoms with Gasteiger partial charge in [0, 0.05) is 30.1 Å². The average Bonchev–Trinajstić information content (AvgIpc) is 3.17. The largest absolute Gasteiger partial charge is 0.316 e. The zero-order valence-electron chi connectivity index (χ0n) is 16.2. The zero-order chi connectivity index (χ0) is 21.8. The van der Waals surface area contributed by atoms with E-state index in [1.807, 2.05) is 40.3 Å². The van der Waals surface area contributed by atoms with Gasteiger partial charge in [-0.15, -0.1) is 11.3 Å². The van der Waals surface area contributed by atoms with E-state index in [1.165, 1.54) is 35.6 Å². The number of rotatable bonds is 6. The molecular weight excluding hydrogens is 420 g/mol. The first-order valence-electron chi connectivity index (χ1n) is 9.48. The molecule has 0 aliphatic rings. The first-order chi connectivity index (χ1) is 15.0. The molecule has 5 nitrogen and oxygen atoms in total. The van der Waals surface area contributed by atoms with Crippen LogP contribution >= 0.6 is 11.3 Å². The maximum absolute atomic E-state index is 14.2. The summed E-state index contributed by atoms with van der Waals surface area (Å²) in [7, 11) is 0. The summed E-state index contributed by atoms with van der Waals surface area (Å²) in [6, 6.07) is 19.5. The zero-order valence-corrected chi connectivity index (χ0v) is 17.1. The summed E-state index contributed by atoms with van der Waals surface area (Å²) in [5, 5.41) is 12.8. The van der Waals surface area contributed by atoms with Crippen LogP contribution in [0.25, 0.3) is 11.3 Å². The smallest absolute Gasteiger partial charge is 0.269 e. The maximum atomic E-state index is 14.2. The Labute approximate surface area is 180 Å². The SMILES string of the molecule is O=[N+]([O-])c1ccc(-c2csc(=Nc3ccc(F)cc3F)n2CCc2ccccc2)cc1. The summed E-state index contributed by atoms with van der Waals surface area (Å²) in [5.74, 6) is -1.40. The van der Waals surface area contributed by atoms with Gasteiger partial charge in [0.05, 0.1) is 10.6 Å². The van der Waals surface area contributed by atoms with E-state index in [2.05, 4.69) is 4.99 Å². The molecule has 0 N–H and O–H groups in total. The van der Waals surface area contributed by atoms with Gasteiger partial charge < -0.3 is 4.57 Å². The number of nitro benzene ring substituents is 1. The Morgan fingerprint density at radius 1 is 1.00 bits per heavy atom. The van der Waals surface area contributed by atoms with Crippen molar-refractivity contribution in [2.24, 2.45) is 4.99 Å². The molecular formula is C23H17F2N3O2S. The van der Waals surface area contributed by atoms with Crippen molar-refractivity contribution < 1.29 is 13.7 Å². The Morgan fingerprint density at radius 2 is 1.74 bits per heavy atom. The lowest BCUT2D eigenvalue weighted by Gasteiger charge is -2.10. The second kappa shape index (κ2) is 9.01. The van der Waals surface area contributed by atoms with E-state index < -0.39 is 16.6 Å². The Kier molecular flexibility index (Phi) is 5.99. The van der Waals surface area contributed by atoms with Crippen molar-refractivity contribution in [2.75, 3.05) is 0 Å². The molecule has 1 heterocycles. The fourth-order valence-electron chi connectivity index (χ4n) is 3.18. The fraction of sp³-hybridized carbons (Fsp3) is 0.0870. The van der Waals surface area contributed by atoms with Gasteiger partial charge in [0.1, 0.15) is 11.5 Å². The molecule has 0 radical (unpaired) electrons. The van der Waals surface area contributed by atoms with Gasteiger partial charge in [-0.2, -0.15) is 0 Å². The Morgan fingerprint density at radius 3 is 2.42 bits per heavy atom. The molecule has 1 aromatic heterocycles. The van der Waals surface area contributed by atoms with Crippen LogP contribution in [0.2, 0.25) is 0 Å². The van der Waals surface area contributed by atoms with Crippen LogP contribution in [0.4, 0.5) is 20.2 Å². The van der Waals surface area contributed by atoms with Crippen LogP contribution in [-0.2, 0) is 13.0 Å². The molecule has 0 atom stereocenters. The molecule has 0 fully saturated rings. The van der Waals surface area contributed by atoms with Crippen LogP contribution < -0.4 is 4.80 Å². The Balaban J connectivity index is 1.77. The standard InChI is InChI=1S/C23H17F2N3O2S/c24-18-8-11-21(20(25)14-18)26-23-27(13-12-16-4-2-1-3-5-16)22(15-31-23)17-6-9-19(10-7-17)28(29)30/h1-11,14-15H,12-13H2. The Bertz CT molecular complexity index is 1280. The van der Waals surface area contributed by atoms with Crippen LogP contribution in [0.3, 0.4) is 0 Å². The van der Waals surface area contributed by atoms with Gasteiger partial charge in [0.15, 0.2) is 10.6 Å². The normalized spacial score (nSPS) is 11.6. The number of nitro groups is 1. The molecule has 0 aliphatic carbocycles. The number of nitrogens with zero attached hydrogens (tertiary/aromatic N) is 3. The number of hydrogen-bond acceptors (Lipinski definition) is 4. The molecule has 156 valence electrons. The number of aromatic nitrogens is 1. The second-order valence-electron chi connectivity index (χ2n) is 6.80. The van der Waals surface area contributed by atoms with Gasteiger partial charge in [-0.25, -0.2) is 13.8 Å². The minimum Gasteiger partial charge on any atom is -0.316 e. The van der Waals surface area contributed by atoms with Crippen molar-refractivity contribution in [1.82, 2.24) is 4.57 Å². The molecule has 4 rings (SSSR count). The highest BCUT2D eigenvalue weighted by Gasteiger charge is 2.12. The molecule has 0 saturated carbocycles. The number of thiazole rings is 1. The third-order valence-electron chi connectivity index (χ3n) is 4.76. The number of non-ortho nitro benzene ring substituents is 1. The van der Waals surface area contributed by atoms with E-state index in [-0.39, 0.29) is 11.4 Å². The van der Waals surface area contributed by atoms with Gasteiger partial charge in [-0.1, -0.05) is 30.3 Å². The van der Waals surface area contributed by atoms with Crippen LogP contribution in [0, 0.1) is 21.7 Å². The minimum absolute atomic E-state index is 0.00751. The maximum Gasteiger partial charge on any atom is 0.269 e. The van der Waals surface area contributed by atoms with Crippen LogP contribution in [0.5, 0.6) is 0 Å². The predicted molar refractivity (Wildman–Crippen MR) is 116 cm³/mol. The molecule has 0 saturated heterocycles. The summed E-state index contributed by atoms with van der Waals surface area (Å²) in [5.41, 5.74) is 2.79. The first kappa shape index (κ1) is 20.6. The molecule has 3 aromatic carbocycles. The lowest BCUT2D eigenvalue weighted by molar-refractivity contribution is -0.384. The quantitative estimate of drug-likeness (QED) is 0.279. The molecule has 0 spiro atoms. The number of aryl methyl sites for hydroxylation is 1. The lowest BCUT2D eigenvalue weighted by Crippen LogP contribution is -2.17. The Hall–Kier alpha value is -3.65. The van der Waals surface area contributed by atoms with E-state index in [0.717, 1.165) is 29.3 Å². The van der Waals surface area contributed by atoms with Crippen molar-refractivity contribution in [3.63, 3.8) is 0 Å². The number of benzene rings is 3. The van der Waals surface area contributed by atoms with Gasteiger partial charge in [0.2, 0.25) is 0 Å². The molecule has 0 unspecified atom stereocenters. The monoisotopic (exact) mass is 437 g/mol. The summed E-state index contributed by atoms with van der Waals surface area (Å²) >= 11 is 1.33. The number of halogens is 2. The van der Waals surface area contributed by atoms with E-state index >= 15 is 0 Å². The van der Waals surface area contributed by atoms with E-state index in [0.29, 0.717) is 11.3 Å². The molecule has 0 amide bonds. The molecule has 0 aliphatic heterocycles. The van der Waals surface area contributed by atoms with Crippen LogP contribution in [0.1, 0.15) is 5.56 Å². The average molecular weight is 437 g/mol. The van der Waals surface area contributed by atoms with Crippen molar-refractivity contribution in [1.29, 1.82) is 0 Å². The lowest BCUT2D eigenvalue weighted by atomic mass is 10.1. The molecule has 31 heavy (non-hydrogen) atoms. The highest BCUT2D eigenvalue weighted by molar-refractivity contribution is 7.07. The fourth-order valence-corrected chi connectivity index (χ4v) is 4.13. The van der Waals surface area contributed by atoms with Gasteiger partial charge in [0.25, 0.3) is 5.69 Å². The molecule has 8 heteroatoms. The predicted octanol–water partition coefficient (Wildman–Crippen LogP) is 5.88. The van der Waals surface area contributed by atoms with Crippen LogP contribution in [-0.4, -0.2) is 9.49 Å². The summed E-state index contributed by atoms with van der Waals surface area (Å²) in [4.78, 5) is 15.5. The number of hydrogen-bond donors (Lipinski definition) is 0.